The topological polar surface area (TPSA) is 97.7 Å². The SMILES string of the molecule is Cc1cc(C)c(OCC(=O)N(N)C2CCN(Cc3ccccn3)CC2)c(N)c1. The molecule has 7 heteroatoms. The minimum Gasteiger partial charge on any atom is -0.481 e. The summed E-state index contributed by atoms with van der Waals surface area (Å²) >= 11 is 0. The minimum absolute atomic E-state index is 0.0209. The maximum absolute atomic E-state index is 12.5. The third-order valence-electron chi connectivity index (χ3n) is 5.14. The van der Waals surface area contributed by atoms with E-state index in [0.29, 0.717) is 11.4 Å². The minimum atomic E-state index is -0.234. The molecule has 2 heterocycles. The summed E-state index contributed by atoms with van der Waals surface area (Å²) in [6.07, 6.45) is 3.48. The summed E-state index contributed by atoms with van der Waals surface area (Å²) < 4.78 is 5.68. The summed E-state index contributed by atoms with van der Waals surface area (Å²) in [5.74, 6) is 6.42. The van der Waals surface area contributed by atoms with E-state index in [2.05, 4.69) is 9.88 Å². The van der Waals surface area contributed by atoms with E-state index in [0.717, 1.165) is 49.3 Å². The second-order valence-corrected chi connectivity index (χ2v) is 7.42. The van der Waals surface area contributed by atoms with Gasteiger partial charge in [0.15, 0.2) is 6.61 Å². The lowest BCUT2D eigenvalue weighted by Crippen LogP contribution is -2.52. The zero-order valence-electron chi connectivity index (χ0n) is 16.6. The van der Waals surface area contributed by atoms with Crippen molar-refractivity contribution in [3.63, 3.8) is 0 Å². The summed E-state index contributed by atoms with van der Waals surface area (Å²) in [5, 5.41) is 1.33. The Kier molecular flexibility index (Phi) is 6.49. The molecular weight excluding hydrogens is 354 g/mol. The van der Waals surface area contributed by atoms with Gasteiger partial charge < -0.3 is 10.5 Å². The van der Waals surface area contributed by atoms with E-state index in [9.17, 15) is 4.79 Å². The van der Waals surface area contributed by atoms with Crippen LogP contribution in [0.3, 0.4) is 0 Å². The molecule has 0 radical (unpaired) electrons. The number of benzene rings is 1. The summed E-state index contributed by atoms with van der Waals surface area (Å²) in [5.41, 5.74) is 9.58. The van der Waals surface area contributed by atoms with Gasteiger partial charge in [-0.3, -0.25) is 19.7 Å². The molecule has 0 spiro atoms. The highest BCUT2D eigenvalue weighted by Gasteiger charge is 2.26. The number of nitrogen functional groups attached to an aromatic ring is 1. The molecule has 1 amide bonds. The molecule has 0 atom stereocenters. The average molecular weight is 383 g/mol. The largest absolute Gasteiger partial charge is 0.481 e. The number of hydrogen-bond acceptors (Lipinski definition) is 6. The number of rotatable bonds is 6. The lowest BCUT2D eigenvalue weighted by Gasteiger charge is -2.36. The van der Waals surface area contributed by atoms with E-state index in [1.807, 2.05) is 50.4 Å². The second-order valence-electron chi connectivity index (χ2n) is 7.42. The van der Waals surface area contributed by atoms with Crippen molar-refractivity contribution in [2.75, 3.05) is 25.4 Å². The Hall–Kier alpha value is -2.64. The number of carbonyl (C=O) groups excluding carboxylic acids is 1. The Morgan fingerprint density at radius 3 is 2.68 bits per heavy atom. The van der Waals surface area contributed by atoms with E-state index in [1.165, 1.54) is 5.01 Å². The summed E-state index contributed by atoms with van der Waals surface area (Å²) in [4.78, 5) is 19.2. The van der Waals surface area contributed by atoms with Gasteiger partial charge in [0.2, 0.25) is 0 Å². The molecule has 1 saturated heterocycles. The van der Waals surface area contributed by atoms with Crippen molar-refractivity contribution >= 4 is 11.6 Å². The molecule has 3 rings (SSSR count). The number of carbonyl (C=O) groups is 1. The van der Waals surface area contributed by atoms with Crippen LogP contribution in [0.1, 0.15) is 29.7 Å². The van der Waals surface area contributed by atoms with Crippen LogP contribution in [0.2, 0.25) is 0 Å². The predicted octanol–water partition coefficient (Wildman–Crippen LogP) is 2.03. The molecule has 1 aliphatic heterocycles. The van der Waals surface area contributed by atoms with Crippen LogP contribution < -0.4 is 16.3 Å². The third-order valence-corrected chi connectivity index (χ3v) is 5.14. The van der Waals surface area contributed by atoms with Crippen molar-refractivity contribution in [2.45, 2.75) is 39.3 Å². The number of aryl methyl sites for hydroxylation is 2. The molecular formula is C21H29N5O2. The number of ether oxygens (including phenoxy) is 1. The van der Waals surface area contributed by atoms with Crippen LogP contribution in [0.25, 0.3) is 0 Å². The highest BCUT2D eigenvalue weighted by Crippen LogP contribution is 2.27. The first-order valence-electron chi connectivity index (χ1n) is 9.62. The number of amides is 1. The van der Waals surface area contributed by atoms with Crippen LogP contribution in [0.15, 0.2) is 36.5 Å². The summed E-state index contributed by atoms with van der Waals surface area (Å²) in [6.45, 7) is 6.36. The first-order chi connectivity index (χ1) is 13.4. The Morgan fingerprint density at radius 1 is 1.29 bits per heavy atom. The van der Waals surface area contributed by atoms with Gasteiger partial charge in [-0.1, -0.05) is 12.1 Å². The van der Waals surface area contributed by atoms with Gasteiger partial charge >= 0.3 is 0 Å². The first kappa shape index (κ1) is 20.1. The number of hydrogen-bond donors (Lipinski definition) is 2. The quantitative estimate of drug-likeness (QED) is 0.343. The highest BCUT2D eigenvalue weighted by atomic mass is 16.5. The van der Waals surface area contributed by atoms with Crippen LogP contribution in [0, 0.1) is 13.8 Å². The smallest absolute Gasteiger partial charge is 0.274 e. The molecule has 2 aromatic rings. The number of hydrazine groups is 1. The van der Waals surface area contributed by atoms with Gasteiger partial charge in [-0.25, -0.2) is 5.84 Å². The van der Waals surface area contributed by atoms with E-state index < -0.39 is 0 Å². The molecule has 4 N–H and O–H groups in total. The standard InChI is InChI=1S/C21H29N5O2/c1-15-11-16(2)21(19(22)12-15)28-14-20(27)26(23)18-6-9-25(10-7-18)13-17-5-3-4-8-24-17/h3-5,8,11-12,18H,6-7,9-10,13-14,22-23H2,1-2H3. The molecule has 0 unspecified atom stereocenters. The number of piperidine rings is 1. The Bertz CT molecular complexity index is 781. The van der Waals surface area contributed by atoms with Crippen molar-refractivity contribution in [3.05, 3.63) is 53.3 Å². The van der Waals surface area contributed by atoms with E-state index >= 15 is 0 Å². The van der Waals surface area contributed by atoms with Crippen molar-refractivity contribution in [1.29, 1.82) is 0 Å². The second kappa shape index (κ2) is 9.03. The highest BCUT2D eigenvalue weighted by molar-refractivity contribution is 5.78. The first-order valence-corrected chi connectivity index (χ1v) is 9.62. The van der Waals surface area contributed by atoms with E-state index in [1.54, 1.807) is 0 Å². The van der Waals surface area contributed by atoms with E-state index in [-0.39, 0.29) is 18.6 Å². The number of pyridine rings is 1. The molecule has 28 heavy (non-hydrogen) atoms. The summed E-state index contributed by atoms with van der Waals surface area (Å²) in [7, 11) is 0. The van der Waals surface area contributed by atoms with Gasteiger partial charge in [0.25, 0.3) is 5.91 Å². The van der Waals surface area contributed by atoms with Crippen molar-refractivity contribution in [3.8, 4) is 5.75 Å². The molecule has 1 aromatic carbocycles. The van der Waals surface area contributed by atoms with E-state index in [4.69, 9.17) is 16.3 Å². The number of nitrogens with two attached hydrogens (primary N) is 2. The van der Waals surface area contributed by atoms with Crippen LogP contribution >= 0.6 is 0 Å². The predicted molar refractivity (Wildman–Crippen MR) is 109 cm³/mol. The third kappa shape index (κ3) is 4.99. The number of aromatic nitrogens is 1. The fraction of sp³-hybridized carbons (Fsp3) is 0.429. The molecule has 0 saturated carbocycles. The lowest BCUT2D eigenvalue weighted by atomic mass is 10.0. The molecule has 0 aliphatic carbocycles. The molecule has 7 nitrogen and oxygen atoms in total. The fourth-order valence-electron chi connectivity index (χ4n) is 3.67. The Labute approximate surface area is 166 Å². The summed E-state index contributed by atoms with van der Waals surface area (Å²) in [6, 6.07) is 9.78. The normalized spacial score (nSPS) is 15.4. The van der Waals surface area contributed by atoms with Gasteiger partial charge in [0, 0.05) is 25.8 Å². The fourth-order valence-corrected chi connectivity index (χ4v) is 3.67. The average Bonchev–Trinajstić information content (AvgIpc) is 2.68. The van der Waals surface area contributed by atoms with Crippen LogP contribution in [0.4, 0.5) is 5.69 Å². The molecule has 1 fully saturated rings. The van der Waals surface area contributed by atoms with Gasteiger partial charge in [-0.05, 0) is 56.0 Å². The number of anilines is 1. The molecule has 1 aliphatic rings. The number of likely N-dealkylation sites (tertiary alicyclic amines) is 1. The van der Waals surface area contributed by atoms with Crippen molar-refractivity contribution < 1.29 is 9.53 Å². The number of nitrogens with zero attached hydrogens (tertiary/aromatic N) is 3. The Balaban J connectivity index is 1.48. The van der Waals surface area contributed by atoms with Crippen LogP contribution in [-0.4, -0.2) is 46.5 Å². The van der Waals surface area contributed by atoms with Crippen molar-refractivity contribution in [1.82, 2.24) is 14.9 Å². The molecule has 0 bridgehead atoms. The van der Waals surface area contributed by atoms with Gasteiger partial charge in [0.1, 0.15) is 5.75 Å². The Morgan fingerprint density at radius 2 is 2.04 bits per heavy atom. The zero-order valence-corrected chi connectivity index (χ0v) is 16.6. The van der Waals surface area contributed by atoms with Gasteiger partial charge in [-0.15, -0.1) is 0 Å². The van der Waals surface area contributed by atoms with Gasteiger partial charge in [-0.2, -0.15) is 0 Å². The molecule has 1 aromatic heterocycles. The maximum atomic E-state index is 12.5. The van der Waals surface area contributed by atoms with Crippen molar-refractivity contribution in [2.24, 2.45) is 5.84 Å². The monoisotopic (exact) mass is 383 g/mol. The zero-order chi connectivity index (χ0) is 20.1. The maximum Gasteiger partial charge on any atom is 0.274 e. The van der Waals surface area contributed by atoms with Gasteiger partial charge in [0.05, 0.1) is 17.4 Å². The molecule has 150 valence electrons. The van der Waals surface area contributed by atoms with Crippen LogP contribution in [0.5, 0.6) is 5.75 Å². The lowest BCUT2D eigenvalue weighted by molar-refractivity contribution is -0.137. The van der Waals surface area contributed by atoms with Crippen LogP contribution in [-0.2, 0) is 11.3 Å².